The van der Waals surface area contributed by atoms with Crippen LogP contribution >= 0.6 is 15.9 Å². The van der Waals surface area contributed by atoms with Crippen LogP contribution in [0.4, 0.5) is 0 Å². The van der Waals surface area contributed by atoms with Crippen molar-refractivity contribution >= 4 is 21.8 Å². The Balaban J connectivity index is 1.57. The van der Waals surface area contributed by atoms with Gasteiger partial charge in [-0.2, -0.15) is 10.2 Å². The molecule has 0 atom stereocenters. The van der Waals surface area contributed by atoms with E-state index in [0.29, 0.717) is 0 Å². The number of aromatic nitrogens is 2. The standard InChI is InChI=1S/C17H19BrN4O/c1-21(2)17(23)13-9-22(10-13)11-15-7-8-16(20-19-15)12-3-5-14(18)6-4-12/h3-8,13H,9-11H2,1-2H3. The summed E-state index contributed by atoms with van der Waals surface area (Å²) in [5.41, 5.74) is 2.85. The van der Waals surface area contributed by atoms with E-state index in [1.54, 1.807) is 19.0 Å². The van der Waals surface area contributed by atoms with Crippen LogP contribution in [0.1, 0.15) is 5.69 Å². The SMILES string of the molecule is CN(C)C(=O)C1CN(Cc2ccc(-c3ccc(Br)cc3)nn2)C1. The van der Waals surface area contributed by atoms with Crippen LogP contribution in [0.2, 0.25) is 0 Å². The molecule has 1 aliphatic rings. The molecule has 0 spiro atoms. The maximum absolute atomic E-state index is 11.8. The van der Waals surface area contributed by atoms with Gasteiger partial charge in [-0.05, 0) is 24.3 Å². The van der Waals surface area contributed by atoms with Crippen molar-refractivity contribution in [1.82, 2.24) is 20.0 Å². The van der Waals surface area contributed by atoms with Crippen LogP contribution in [0.15, 0.2) is 40.9 Å². The van der Waals surface area contributed by atoms with Gasteiger partial charge in [-0.25, -0.2) is 0 Å². The molecular weight excluding hydrogens is 356 g/mol. The first kappa shape index (κ1) is 16.1. The zero-order valence-corrected chi connectivity index (χ0v) is 14.8. The zero-order chi connectivity index (χ0) is 16.4. The van der Waals surface area contributed by atoms with Crippen molar-refractivity contribution in [3.05, 3.63) is 46.6 Å². The second-order valence-electron chi connectivity index (χ2n) is 6.04. The summed E-state index contributed by atoms with van der Waals surface area (Å²) in [7, 11) is 3.61. The first-order valence-corrected chi connectivity index (χ1v) is 8.34. The summed E-state index contributed by atoms with van der Waals surface area (Å²) in [4.78, 5) is 15.7. The normalized spacial score (nSPS) is 15.3. The van der Waals surface area contributed by atoms with Gasteiger partial charge in [-0.3, -0.25) is 9.69 Å². The van der Waals surface area contributed by atoms with Crippen LogP contribution in [0, 0.1) is 5.92 Å². The molecule has 2 aromatic rings. The molecule has 1 fully saturated rings. The van der Waals surface area contributed by atoms with E-state index < -0.39 is 0 Å². The highest BCUT2D eigenvalue weighted by Gasteiger charge is 2.33. The van der Waals surface area contributed by atoms with Gasteiger partial charge in [0.1, 0.15) is 0 Å². The lowest BCUT2D eigenvalue weighted by Crippen LogP contribution is -2.52. The monoisotopic (exact) mass is 374 g/mol. The quantitative estimate of drug-likeness (QED) is 0.824. The Labute approximate surface area is 144 Å². The second kappa shape index (κ2) is 6.76. The summed E-state index contributed by atoms with van der Waals surface area (Å²) in [6.07, 6.45) is 0. The molecular formula is C17H19BrN4O. The van der Waals surface area contributed by atoms with E-state index in [0.717, 1.165) is 41.1 Å². The van der Waals surface area contributed by atoms with Gasteiger partial charge >= 0.3 is 0 Å². The fourth-order valence-electron chi connectivity index (χ4n) is 2.67. The van der Waals surface area contributed by atoms with E-state index in [1.165, 1.54) is 0 Å². The van der Waals surface area contributed by atoms with Crippen molar-refractivity contribution in [2.24, 2.45) is 5.92 Å². The molecule has 23 heavy (non-hydrogen) atoms. The number of halogens is 1. The number of hydrogen-bond acceptors (Lipinski definition) is 4. The molecule has 6 heteroatoms. The largest absolute Gasteiger partial charge is 0.348 e. The van der Waals surface area contributed by atoms with Crippen LogP contribution in [-0.4, -0.2) is 53.1 Å². The number of carbonyl (C=O) groups excluding carboxylic acids is 1. The Morgan fingerprint density at radius 2 is 1.87 bits per heavy atom. The molecule has 1 aromatic heterocycles. The van der Waals surface area contributed by atoms with Gasteiger partial charge in [0.25, 0.3) is 0 Å². The Bertz CT molecular complexity index is 679. The van der Waals surface area contributed by atoms with Crippen LogP contribution in [-0.2, 0) is 11.3 Å². The zero-order valence-electron chi connectivity index (χ0n) is 13.2. The number of benzene rings is 1. The lowest BCUT2D eigenvalue weighted by molar-refractivity contribution is -0.138. The highest BCUT2D eigenvalue weighted by Crippen LogP contribution is 2.21. The van der Waals surface area contributed by atoms with Crippen molar-refractivity contribution in [3.8, 4) is 11.3 Å². The minimum atomic E-state index is 0.125. The third-order valence-electron chi connectivity index (χ3n) is 3.99. The molecule has 1 saturated heterocycles. The first-order chi connectivity index (χ1) is 11.0. The molecule has 0 aliphatic carbocycles. The lowest BCUT2D eigenvalue weighted by Gasteiger charge is -2.38. The number of hydrogen-bond donors (Lipinski definition) is 0. The molecule has 0 saturated carbocycles. The summed E-state index contributed by atoms with van der Waals surface area (Å²) in [5.74, 6) is 0.331. The van der Waals surface area contributed by atoms with Crippen molar-refractivity contribution in [2.45, 2.75) is 6.54 Å². The smallest absolute Gasteiger partial charge is 0.227 e. The average molecular weight is 375 g/mol. The maximum atomic E-state index is 11.8. The third kappa shape index (κ3) is 3.76. The Morgan fingerprint density at radius 3 is 2.43 bits per heavy atom. The first-order valence-electron chi connectivity index (χ1n) is 7.55. The summed E-state index contributed by atoms with van der Waals surface area (Å²) in [6, 6.07) is 12.0. The van der Waals surface area contributed by atoms with E-state index in [2.05, 4.69) is 31.0 Å². The molecule has 5 nitrogen and oxygen atoms in total. The number of rotatable bonds is 4. The highest BCUT2D eigenvalue weighted by atomic mass is 79.9. The molecule has 0 unspecified atom stereocenters. The number of nitrogens with zero attached hydrogens (tertiary/aromatic N) is 4. The number of likely N-dealkylation sites (tertiary alicyclic amines) is 1. The van der Waals surface area contributed by atoms with Crippen LogP contribution in [0.5, 0.6) is 0 Å². The van der Waals surface area contributed by atoms with Gasteiger partial charge in [0, 0.05) is 43.8 Å². The molecule has 2 heterocycles. The Hall–Kier alpha value is -1.79. The van der Waals surface area contributed by atoms with E-state index in [9.17, 15) is 4.79 Å². The van der Waals surface area contributed by atoms with Crippen molar-refractivity contribution < 1.29 is 4.79 Å². The van der Waals surface area contributed by atoms with Crippen molar-refractivity contribution in [2.75, 3.05) is 27.2 Å². The lowest BCUT2D eigenvalue weighted by atomic mass is 9.98. The van der Waals surface area contributed by atoms with Gasteiger partial charge in [0.05, 0.1) is 17.3 Å². The van der Waals surface area contributed by atoms with E-state index in [4.69, 9.17) is 0 Å². The molecule has 0 bridgehead atoms. The van der Waals surface area contributed by atoms with Gasteiger partial charge in [0.15, 0.2) is 0 Å². The average Bonchev–Trinajstić information content (AvgIpc) is 2.51. The Kier molecular flexibility index (Phi) is 4.73. The summed E-state index contributed by atoms with van der Waals surface area (Å²) >= 11 is 3.43. The molecule has 1 aromatic carbocycles. The molecule has 120 valence electrons. The van der Waals surface area contributed by atoms with Crippen LogP contribution < -0.4 is 0 Å². The molecule has 1 amide bonds. The van der Waals surface area contributed by atoms with Crippen molar-refractivity contribution in [3.63, 3.8) is 0 Å². The van der Waals surface area contributed by atoms with Gasteiger partial charge in [-0.15, -0.1) is 0 Å². The fraction of sp³-hybridized carbons (Fsp3) is 0.353. The van der Waals surface area contributed by atoms with Crippen LogP contribution in [0.3, 0.4) is 0 Å². The maximum Gasteiger partial charge on any atom is 0.227 e. The number of amides is 1. The van der Waals surface area contributed by atoms with Crippen molar-refractivity contribution in [1.29, 1.82) is 0 Å². The molecule has 0 radical (unpaired) electrons. The summed E-state index contributed by atoms with van der Waals surface area (Å²) in [6.45, 7) is 2.34. The van der Waals surface area contributed by atoms with Crippen LogP contribution in [0.25, 0.3) is 11.3 Å². The second-order valence-corrected chi connectivity index (χ2v) is 6.96. The van der Waals surface area contributed by atoms with E-state index in [1.807, 2.05) is 36.4 Å². The third-order valence-corrected chi connectivity index (χ3v) is 4.52. The number of carbonyl (C=O) groups is 1. The van der Waals surface area contributed by atoms with Gasteiger partial charge < -0.3 is 4.90 Å². The minimum Gasteiger partial charge on any atom is -0.348 e. The topological polar surface area (TPSA) is 49.3 Å². The highest BCUT2D eigenvalue weighted by molar-refractivity contribution is 9.10. The minimum absolute atomic E-state index is 0.125. The van der Waals surface area contributed by atoms with Gasteiger partial charge in [0.2, 0.25) is 5.91 Å². The fourth-order valence-corrected chi connectivity index (χ4v) is 2.93. The summed E-state index contributed by atoms with van der Waals surface area (Å²) < 4.78 is 1.05. The van der Waals surface area contributed by atoms with E-state index in [-0.39, 0.29) is 11.8 Å². The molecule has 1 aliphatic heterocycles. The molecule has 3 rings (SSSR count). The predicted octanol–water partition coefficient (Wildman–Crippen LogP) is 2.43. The Morgan fingerprint density at radius 1 is 1.17 bits per heavy atom. The summed E-state index contributed by atoms with van der Waals surface area (Å²) in [5, 5.41) is 8.61. The van der Waals surface area contributed by atoms with Gasteiger partial charge in [-0.1, -0.05) is 28.1 Å². The van der Waals surface area contributed by atoms with E-state index >= 15 is 0 Å². The molecule has 0 N–H and O–H groups in total. The predicted molar refractivity (Wildman–Crippen MR) is 92.6 cm³/mol.